The van der Waals surface area contributed by atoms with Crippen molar-refractivity contribution < 1.29 is 35.5 Å². The van der Waals surface area contributed by atoms with E-state index in [0.717, 1.165) is 62.1 Å². The van der Waals surface area contributed by atoms with E-state index >= 15 is 0 Å². The third kappa shape index (κ3) is 20.9. The molecule has 11 aromatic heterocycles. The highest BCUT2D eigenvalue weighted by molar-refractivity contribution is 6.36. The van der Waals surface area contributed by atoms with Gasteiger partial charge in [0.15, 0.2) is 0 Å². The summed E-state index contributed by atoms with van der Waals surface area (Å²) >= 11 is 12.2. The van der Waals surface area contributed by atoms with Crippen LogP contribution in [0.25, 0.3) is 153 Å². The Morgan fingerprint density at radius 3 is 0.977 bits per heavy atom. The number of hydrogen-bond acceptors (Lipinski definition) is 22. The second kappa shape index (κ2) is 40.3. The zero-order valence-electron chi connectivity index (χ0n) is 68.4. The zero-order valence-corrected chi connectivity index (χ0v) is 69.9. The van der Waals surface area contributed by atoms with Gasteiger partial charge in [0.1, 0.15) is 74.9 Å². The molecule has 0 N–H and O–H groups in total. The number of benzene rings is 10. The molecule has 11 heterocycles. The van der Waals surface area contributed by atoms with Gasteiger partial charge in [0.05, 0.1) is 35.5 Å². The number of tetrazole rings is 5. The lowest BCUT2D eigenvalue weighted by atomic mass is 9.94. The molecular formula is C96H61Cl2F7N26O. The Kier molecular flexibility index (Phi) is 26.4. The molecule has 132 heavy (non-hydrogen) atoms. The first-order chi connectivity index (χ1) is 64.5. The van der Waals surface area contributed by atoms with Crippen LogP contribution < -0.4 is 4.74 Å². The molecule has 0 saturated carbocycles. The fourth-order valence-corrected chi connectivity index (χ4v) is 13.8. The van der Waals surface area contributed by atoms with Crippen LogP contribution in [0.5, 0.6) is 5.75 Å². The molecule has 0 bridgehead atoms. The van der Waals surface area contributed by atoms with E-state index in [4.69, 9.17) is 27.9 Å². The van der Waals surface area contributed by atoms with E-state index in [1.54, 1.807) is 148 Å². The molecule has 21 rings (SSSR count). The third-order valence-corrected chi connectivity index (χ3v) is 19.9. The van der Waals surface area contributed by atoms with Gasteiger partial charge in [-0.3, -0.25) is 29.9 Å². The highest BCUT2D eigenvalue weighted by Crippen LogP contribution is 2.37. The Labute approximate surface area is 754 Å². The van der Waals surface area contributed by atoms with E-state index in [9.17, 15) is 30.7 Å². The Morgan fingerprint density at radius 2 is 0.598 bits per heavy atom. The largest absolute Gasteiger partial charge is 0.496 e. The molecule has 10 aromatic carbocycles. The van der Waals surface area contributed by atoms with Crippen LogP contribution in [-0.4, -0.2) is 138 Å². The Hall–Kier alpha value is -17.7. The summed E-state index contributed by atoms with van der Waals surface area (Å²) in [4.78, 5) is 31.4. The number of aromatic nitrogens is 26. The van der Waals surface area contributed by atoms with Gasteiger partial charge in [-0.1, -0.05) is 138 Å². The maximum absolute atomic E-state index is 14.6. The van der Waals surface area contributed by atoms with Crippen LogP contribution in [0.2, 0.25) is 10.0 Å². The summed E-state index contributed by atoms with van der Waals surface area (Å²) in [6.07, 6.45) is 11.7. The lowest BCUT2D eigenvalue weighted by Crippen LogP contribution is -2.01. The first kappa shape index (κ1) is 86.5. The summed E-state index contributed by atoms with van der Waals surface area (Å²) in [7, 11) is 1.63. The predicted molar refractivity (Wildman–Crippen MR) is 479 cm³/mol. The average molecular weight is 1800 g/mol. The minimum atomic E-state index is -0.790. The first-order valence-corrected chi connectivity index (χ1v) is 40.5. The lowest BCUT2D eigenvalue weighted by molar-refractivity contribution is 0.416. The zero-order chi connectivity index (χ0) is 90.8. The number of halogens is 9. The Morgan fingerprint density at radius 1 is 0.250 bits per heavy atom. The van der Waals surface area contributed by atoms with Gasteiger partial charge in [-0.25, -0.2) is 30.7 Å². The second-order valence-corrected chi connectivity index (χ2v) is 29.0. The van der Waals surface area contributed by atoms with Crippen LogP contribution in [0.4, 0.5) is 30.7 Å². The highest BCUT2D eigenvalue weighted by Gasteiger charge is 2.21. The van der Waals surface area contributed by atoms with E-state index in [2.05, 4.69) is 107 Å². The van der Waals surface area contributed by atoms with E-state index in [1.807, 2.05) is 133 Å². The summed E-state index contributed by atoms with van der Waals surface area (Å²) in [5.41, 5.74) is 13.1. The normalized spacial score (nSPS) is 10.8. The molecule has 0 saturated heterocycles. The Bertz CT molecular complexity index is 7370. The van der Waals surface area contributed by atoms with Crippen LogP contribution in [0, 0.1) is 40.7 Å². The minimum absolute atomic E-state index is 0.0669. The van der Waals surface area contributed by atoms with Crippen LogP contribution >= 0.6 is 23.2 Å². The van der Waals surface area contributed by atoms with Crippen molar-refractivity contribution in [1.82, 2.24) is 131 Å². The van der Waals surface area contributed by atoms with Crippen LogP contribution in [0.1, 0.15) is 0 Å². The summed E-state index contributed by atoms with van der Waals surface area (Å²) in [5, 5.41) is 62.3. The van der Waals surface area contributed by atoms with Crippen molar-refractivity contribution in [3.63, 3.8) is 0 Å². The van der Waals surface area contributed by atoms with Crippen molar-refractivity contribution in [2.75, 3.05) is 7.11 Å². The molecule has 0 aliphatic heterocycles. The van der Waals surface area contributed by atoms with Crippen molar-refractivity contribution in [3.05, 3.63) is 404 Å². The molecule has 0 amide bonds. The van der Waals surface area contributed by atoms with Gasteiger partial charge >= 0.3 is 0 Å². The molecule has 27 nitrogen and oxygen atoms in total. The average Bonchev–Trinajstić information content (AvgIpc) is 1.51. The number of hydrogen-bond donors (Lipinski definition) is 0. The van der Waals surface area contributed by atoms with Crippen LogP contribution in [-0.2, 0) is 0 Å². The van der Waals surface area contributed by atoms with Gasteiger partial charge in [0.25, 0.3) is 0 Å². The van der Waals surface area contributed by atoms with E-state index in [1.165, 1.54) is 79.8 Å². The molecular weight excluding hydrogens is 1740 g/mol. The van der Waals surface area contributed by atoms with E-state index in [-0.39, 0.29) is 28.5 Å². The maximum Gasteiger partial charge on any atom is 0.223 e. The maximum atomic E-state index is 14.6. The van der Waals surface area contributed by atoms with Gasteiger partial charge < -0.3 is 4.74 Å². The number of pyridine rings is 6. The summed E-state index contributed by atoms with van der Waals surface area (Å²) in [6, 6.07) is 86.0. The summed E-state index contributed by atoms with van der Waals surface area (Å²) in [5.74, 6) is -1.39. The molecule has 0 unspecified atom stereocenters. The number of methoxy groups -OCH3 is 1. The smallest absolute Gasteiger partial charge is 0.223 e. The summed E-state index contributed by atoms with van der Waals surface area (Å²) < 4.78 is 103. The lowest BCUT2D eigenvalue weighted by Gasteiger charge is -2.11. The second-order valence-electron chi connectivity index (χ2n) is 28.1. The molecule has 0 aliphatic rings. The van der Waals surface area contributed by atoms with E-state index in [0.29, 0.717) is 107 Å². The van der Waals surface area contributed by atoms with Crippen LogP contribution in [0.15, 0.2) is 353 Å². The standard InChI is InChI=1S/C24H16FN5.C18H10Cl2FN5.C18H10F3N5.C18H11F2N5.C18H14N6O/c25-19-14-18(22-11-5-4-10-21(22)17-8-2-1-3-9-17)15-20(16-19)30-28-24(27-29-30)23-12-6-7-13-26-23;19-12-4-5-15(16(20)9-12)11-7-13(21)10-14(8-11)26-24-18(23-25-26)17-3-1-2-6-22-17;19-12-4-5-15(16(21)10-12)11-7-13(20)9-14(8-11)26-24-18(23-25-26)17-3-1-2-6-22-17;19-13-9-12(15-5-1-2-6-16(15)20)10-14(11-13)25-23-18(22-24-25)17-7-3-4-8-21-17;1-25-17-11-14(7-8-15(17)13-5-4-9-19-12-13)24-22-18(21-23-24)16-6-2-3-10-20-16/h1-16H;2*1-10H;1-11H;2-12H,1H3. The van der Waals surface area contributed by atoms with E-state index < -0.39 is 34.9 Å². The molecule has 36 heteroatoms. The summed E-state index contributed by atoms with van der Waals surface area (Å²) in [6.45, 7) is 0. The van der Waals surface area contributed by atoms with Gasteiger partial charge in [0.2, 0.25) is 29.1 Å². The quantitative estimate of drug-likeness (QED) is 0.0765. The van der Waals surface area contributed by atoms with Gasteiger partial charge in [0, 0.05) is 118 Å². The Balaban J connectivity index is 0.000000115. The molecule has 0 fully saturated rings. The fourth-order valence-electron chi connectivity index (χ4n) is 13.3. The number of rotatable bonds is 17. The SMILES string of the molecule is COc1cc(-n2nnc(-c3ccccn3)n2)ccc1-c1cccnc1.Fc1cc(-c2ccc(Cl)cc2Cl)cc(-n2nnc(-c3ccccn3)n2)c1.Fc1cc(-c2ccc(F)cc2F)cc(-n2nnc(-c3ccccn3)n2)c1.Fc1cc(-c2ccccc2-c2ccccc2)cc(-n2nnc(-c3ccccn3)n2)c1.Fc1cc(-c2ccccc2F)cc(-n2nnc(-c3ccccn3)n2)c1. The van der Waals surface area contributed by atoms with Crippen molar-refractivity contribution in [1.29, 1.82) is 0 Å². The highest BCUT2D eigenvalue weighted by atomic mass is 35.5. The molecule has 0 atom stereocenters. The van der Waals surface area contributed by atoms with Crippen molar-refractivity contribution in [2.24, 2.45) is 0 Å². The van der Waals surface area contributed by atoms with Gasteiger partial charge in [-0.05, 0) is 223 Å². The van der Waals surface area contributed by atoms with Gasteiger partial charge in [-0.15, -0.1) is 75.0 Å². The van der Waals surface area contributed by atoms with Crippen molar-refractivity contribution in [2.45, 2.75) is 0 Å². The third-order valence-electron chi connectivity index (χ3n) is 19.4. The number of nitrogens with zero attached hydrogens (tertiary/aromatic N) is 26. The van der Waals surface area contributed by atoms with Crippen LogP contribution in [0.3, 0.4) is 0 Å². The minimum Gasteiger partial charge on any atom is -0.496 e. The molecule has 21 aromatic rings. The van der Waals surface area contributed by atoms with Crippen molar-refractivity contribution in [3.8, 4) is 159 Å². The predicted octanol–water partition coefficient (Wildman–Crippen LogP) is 20.3. The molecule has 0 spiro atoms. The fraction of sp³-hybridized carbons (Fsp3) is 0.0104. The molecule has 644 valence electrons. The monoisotopic (exact) mass is 1800 g/mol. The van der Waals surface area contributed by atoms with Crippen molar-refractivity contribution >= 4 is 23.2 Å². The van der Waals surface area contributed by atoms with Gasteiger partial charge in [-0.2, -0.15) is 0 Å². The molecule has 0 radical (unpaired) electrons. The first-order valence-electron chi connectivity index (χ1n) is 39.7. The number of ether oxygens (including phenoxy) is 1. The topological polar surface area (TPSA) is 305 Å². The molecule has 0 aliphatic carbocycles.